The maximum absolute atomic E-state index is 13.8. The van der Waals surface area contributed by atoms with Crippen molar-refractivity contribution in [2.45, 2.75) is 18.4 Å². The summed E-state index contributed by atoms with van der Waals surface area (Å²) in [6.45, 7) is 3.04. The smallest absolute Gasteiger partial charge is 0.266 e. The van der Waals surface area contributed by atoms with E-state index < -0.39 is 10.0 Å². The van der Waals surface area contributed by atoms with E-state index in [1.807, 2.05) is 31.2 Å². The van der Waals surface area contributed by atoms with Gasteiger partial charge in [0.15, 0.2) is 17.1 Å². The lowest BCUT2D eigenvalue weighted by atomic mass is 10.1. The Hall–Kier alpha value is -3.59. The van der Waals surface area contributed by atoms with E-state index >= 15 is 0 Å². The molecule has 5 rings (SSSR count). The number of ether oxygens (including phenoxy) is 2. The summed E-state index contributed by atoms with van der Waals surface area (Å²) in [4.78, 5) is 0.141. The molecule has 0 fully saturated rings. The summed E-state index contributed by atoms with van der Waals surface area (Å²) in [6, 6.07) is 16.1. The van der Waals surface area contributed by atoms with Crippen LogP contribution < -0.4 is 13.8 Å². The van der Waals surface area contributed by atoms with Crippen molar-refractivity contribution in [2.24, 2.45) is 0 Å². The number of sulfonamides is 1. The Balaban J connectivity index is 1.62. The molecule has 1 aliphatic rings. The molecule has 4 aromatic rings. The number of anilines is 1. The van der Waals surface area contributed by atoms with E-state index in [9.17, 15) is 8.42 Å². The van der Waals surface area contributed by atoms with Crippen molar-refractivity contribution < 1.29 is 17.9 Å². The molecule has 0 saturated carbocycles. The van der Waals surface area contributed by atoms with E-state index in [0.29, 0.717) is 36.0 Å². The van der Waals surface area contributed by atoms with Gasteiger partial charge in [0, 0.05) is 12.3 Å². The molecule has 0 radical (unpaired) electrons. The van der Waals surface area contributed by atoms with Crippen LogP contribution in [-0.2, 0) is 16.6 Å². The Morgan fingerprint density at radius 1 is 1.03 bits per heavy atom. The summed E-state index contributed by atoms with van der Waals surface area (Å²) in [5.41, 5.74) is 3.00. The minimum absolute atomic E-state index is 0.141. The molecule has 1 aliphatic heterocycles. The van der Waals surface area contributed by atoms with Crippen LogP contribution in [0.2, 0.25) is 0 Å². The van der Waals surface area contributed by atoms with Crippen LogP contribution in [0.5, 0.6) is 11.5 Å². The molecule has 0 saturated heterocycles. The van der Waals surface area contributed by atoms with Gasteiger partial charge in [-0.3, -0.25) is 8.71 Å². The highest BCUT2D eigenvalue weighted by atomic mass is 32.2. The van der Waals surface area contributed by atoms with Crippen molar-refractivity contribution in [3.63, 3.8) is 0 Å². The summed E-state index contributed by atoms with van der Waals surface area (Å²) >= 11 is 0. The van der Waals surface area contributed by atoms with E-state index in [1.54, 1.807) is 34.7 Å². The van der Waals surface area contributed by atoms with Gasteiger partial charge in [-0.25, -0.2) is 8.42 Å². The minimum Gasteiger partial charge on any atom is -0.486 e. The van der Waals surface area contributed by atoms with Crippen molar-refractivity contribution >= 4 is 21.4 Å². The Morgan fingerprint density at radius 3 is 2.71 bits per heavy atom. The number of fused-ring (bicyclic) bond motifs is 2. The SMILES string of the molecule is Cc1cccc(CN(c2ccc3c(c2)OCCO3)S(=O)(=O)c2ccc3nncn3c2)c1. The van der Waals surface area contributed by atoms with Crippen LogP contribution in [0.25, 0.3) is 5.65 Å². The van der Waals surface area contributed by atoms with E-state index in [4.69, 9.17) is 9.47 Å². The molecule has 0 amide bonds. The first kappa shape index (κ1) is 19.4. The van der Waals surface area contributed by atoms with Crippen LogP contribution in [0.3, 0.4) is 0 Å². The summed E-state index contributed by atoms with van der Waals surface area (Å²) in [6.07, 6.45) is 3.00. The lowest BCUT2D eigenvalue weighted by Crippen LogP contribution is -2.31. The molecule has 158 valence electrons. The largest absolute Gasteiger partial charge is 0.486 e. The van der Waals surface area contributed by atoms with E-state index in [-0.39, 0.29) is 11.4 Å². The number of aryl methyl sites for hydroxylation is 1. The highest BCUT2D eigenvalue weighted by Gasteiger charge is 2.27. The second-order valence-electron chi connectivity index (χ2n) is 7.29. The van der Waals surface area contributed by atoms with Crippen LogP contribution in [0.1, 0.15) is 11.1 Å². The maximum Gasteiger partial charge on any atom is 0.266 e. The fourth-order valence-corrected chi connectivity index (χ4v) is 5.02. The number of rotatable bonds is 5. The highest BCUT2D eigenvalue weighted by Crippen LogP contribution is 2.36. The molecular weight excluding hydrogens is 416 g/mol. The normalized spacial score (nSPS) is 13.3. The van der Waals surface area contributed by atoms with Crippen LogP contribution in [0.15, 0.2) is 72.0 Å². The number of aromatic nitrogens is 3. The molecule has 2 aromatic heterocycles. The fraction of sp³-hybridized carbons (Fsp3) is 0.182. The standard InChI is InChI=1S/C22H20N4O4S/c1-16-3-2-4-17(11-16)13-26(18-5-7-20-21(12-18)30-10-9-29-20)31(27,28)19-6-8-22-24-23-15-25(22)14-19/h2-8,11-12,14-15H,9-10,13H2,1H3. The van der Waals surface area contributed by atoms with Crippen molar-refractivity contribution in [2.75, 3.05) is 17.5 Å². The molecule has 0 aliphatic carbocycles. The number of hydrogen-bond donors (Lipinski definition) is 0. The van der Waals surface area contributed by atoms with E-state index in [1.165, 1.54) is 16.8 Å². The van der Waals surface area contributed by atoms with Gasteiger partial charge < -0.3 is 9.47 Å². The van der Waals surface area contributed by atoms with E-state index in [2.05, 4.69) is 10.2 Å². The average molecular weight is 436 g/mol. The second kappa shape index (κ2) is 7.59. The van der Waals surface area contributed by atoms with Crippen LogP contribution >= 0.6 is 0 Å². The van der Waals surface area contributed by atoms with Gasteiger partial charge in [0.1, 0.15) is 24.4 Å². The van der Waals surface area contributed by atoms with Gasteiger partial charge in [-0.05, 0) is 36.8 Å². The topological polar surface area (TPSA) is 86.0 Å². The second-order valence-corrected chi connectivity index (χ2v) is 9.15. The number of pyridine rings is 1. The Labute approximate surface area is 179 Å². The Bertz CT molecular complexity index is 1370. The van der Waals surface area contributed by atoms with E-state index in [0.717, 1.165) is 11.1 Å². The zero-order valence-electron chi connectivity index (χ0n) is 16.8. The zero-order chi connectivity index (χ0) is 21.4. The lowest BCUT2D eigenvalue weighted by molar-refractivity contribution is 0.171. The first-order chi connectivity index (χ1) is 15.0. The molecule has 8 nitrogen and oxygen atoms in total. The van der Waals surface area contributed by atoms with Gasteiger partial charge in [0.2, 0.25) is 0 Å². The van der Waals surface area contributed by atoms with Crippen molar-refractivity contribution in [3.8, 4) is 11.5 Å². The highest BCUT2D eigenvalue weighted by molar-refractivity contribution is 7.92. The average Bonchev–Trinajstić information content (AvgIpc) is 3.25. The third kappa shape index (κ3) is 3.68. The molecule has 0 atom stereocenters. The number of nitrogens with zero attached hydrogens (tertiary/aromatic N) is 4. The minimum atomic E-state index is -3.90. The molecule has 0 spiro atoms. The zero-order valence-corrected chi connectivity index (χ0v) is 17.6. The van der Waals surface area contributed by atoms with Crippen LogP contribution in [-0.4, -0.2) is 36.2 Å². The van der Waals surface area contributed by atoms with Crippen molar-refractivity contribution in [3.05, 3.63) is 78.2 Å². The molecule has 9 heteroatoms. The fourth-order valence-electron chi connectivity index (χ4n) is 3.57. The van der Waals surface area contributed by atoms with Gasteiger partial charge in [-0.2, -0.15) is 0 Å². The van der Waals surface area contributed by atoms with Crippen LogP contribution in [0, 0.1) is 6.92 Å². The maximum atomic E-state index is 13.8. The predicted octanol–water partition coefficient (Wildman–Crippen LogP) is 3.20. The van der Waals surface area contributed by atoms with Gasteiger partial charge >= 0.3 is 0 Å². The van der Waals surface area contributed by atoms with Gasteiger partial charge in [-0.15, -0.1) is 10.2 Å². The molecule has 0 N–H and O–H groups in total. The molecule has 0 unspecified atom stereocenters. The van der Waals surface area contributed by atoms with Crippen molar-refractivity contribution in [1.29, 1.82) is 0 Å². The third-order valence-corrected chi connectivity index (χ3v) is 6.83. The molecule has 0 bridgehead atoms. The number of hydrogen-bond acceptors (Lipinski definition) is 6. The van der Waals surface area contributed by atoms with Crippen LogP contribution in [0.4, 0.5) is 5.69 Å². The third-order valence-electron chi connectivity index (χ3n) is 5.07. The summed E-state index contributed by atoms with van der Waals surface area (Å²) < 4.78 is 41.7. The van der Waals surface area contributed by atoms with Gasteiger partial charge in [-0.1, -0.05) is 29.8 Å². The van der Waals surface area contributed by atoms with Gasteiger partial charge in [0.25, 0.3) is 10.0 Å². The first-order valence-corrected chi connectivity index (χ1v) is 11.2. The molecule has 2 aromatic carbocycles. The molecular formula is C22H20N4O4S. The molecule has 31 heavy (non-hydrogen) atoms. The quantitative estimate of drug-likeness (QED) is 0.478. The summed E-state index contributed by atoms with van der Waals surface area (Å²) in [5, 5.41) is 7.77. The lowest BCUT2D eigenvalue weighted by Gasteiger charge is -2.27. The summed E-state index contributed by atoms with van der Waals surface area (Å²) in [5.74, 6) is 1.14. The Kier molecular flexibility index (Phi) is 4.74. The van der Waals surface area contributed by atoms with Gasteiger partial charge in [0.05, 0.1) is 12.2 Å². The Morgan fingerprint density at radius 2 is 1.87 bits per heavy atom. The van der Waals surface area contributed by atoms with Crippen molar-refractivity contribution in [1.82, 2.24) is 14.6 Å². The molecule has 3 heterocycles. The monoisotopic (exact) mass is 436 g/mol. The first-order valence-electron chi connectivity index (χ1n) is 9.78. The number of benzene rings is 2. The summed E-state index contributed by atoms with van der Waals surface area (Å²) in [7, 11) is -3.90. The predicted molar refractivity (Wildman–Crippen MR) is 115 cm³/mol.